The molecule has 0 aliphatic carbocycles. The molecule has 0 aliphatic rings. The number of hydrogen-bond acceptors (Lipinski definition) is 5. The molecule has 6 nitrogen and oxygen atoms in total. The molecule has 0 radical (unpaired) electrons. The first kappa shape index (κ1) is 15.8. The summed E-state index contributed by atoms with van der Waals surface area (Å²) in [6.45, 7) is 0.211. The van der Waals surface area contributed by atoms with Crippen LogP contribution in [0.3, 0.4) is 0 Å². The van der Waals surface area contributed by atoms with E-state index in [1.165, 1.54) is 13.2 Å². The Labute approximate surface area is 131 Å². The lowest BCUT2D eigenvalue weighted by atomic mass is 10.1. The lowest BCUT2D eigenvalue weighted by molar-refractivity contribution is -0.385. The first-order valence-corrected chi connectivity index (χ1v) is 6.63. The van der Waals surface area contributed by atoms with Gasteiger partial charge in [0.25, 0.3) is 10.9 Å². The Morgan fingerprint density at radius 1 is 1.23 bits per heavy atom. The summed E-state index contributed by atoms with van der Waals surface area (Å²) in [7, 11) is 1.37. The molecule has 0 spiro atoms. The van der Waals surface area contributed by atoms with Gasteiger partial charge in [-0.1, -0.05) is 30.3 Å². The van der Waals surface area contributed by atoms with E-state index in [9.17, 15) is 14.9 Å². The number of methoxy groups -OCH3 is 1. The topological polar surface area (TPSA) is 78.7 Å². The van der Waals surface area contributed by atoms with Crippen LogP contribution in [-0.2, 0) is 6.61 Å². The molecule has 0 N–H and O–H groups in total. The fourth-order valence-corrected chi connectivity index (χ4v) is 2.02. The third kappa shape index (κ3) is 3.53. The summed E-state index contributed by atoms with van der Waals surface area (Å²) >= 11 is 5.37. The van der Waals surface area contributed by atoms with Gasteiger partial charge in [0.15, 0.2) is 11.5 Å². The number of nitrogens with zero attached hydrogens (tertiary/aromatic N) is 1. The van der Waals surface area contributed by atoms with Crippen LogP contribution in [0, 0.1) is 10.1 Å². The van der Waals surface area contributed by atoms with E-state index >= 15 is 0 Å². The Morgan fingerprint density at radius 2 is 1.91 bits per heavy atom. The van der Waals surface area contributed by atoms with E-state index in [1.807, 2.05) is 30.3 Å². The van der Waals surface area contributed by atoms with Crippen molar-refractivity contribution < 1.29 is 19.2 Å². The molecule has 0 atom stereocenters. The molecule has 0 bridgehead atoms. The molecule has 7 heteroatoms. The van der Waals surface area contributed by atoms with Crippen LogP contribution in [0.2, 0.25) is 0 Å². The van der Waals surface area contributed by atoms with Crippen LogP contribution in [0.15, 0.2) is 42.5 Å². The lowest BCUT2D eigenvalue weighted by Gasteiger charge is -2.11. The van der Waals surface area contributed by atoms with E-state index in [0.717, 1.165) is 11.6 Å². The van der Waals surface area contributed by atoms with Crippen LogP contribution in [0.1, 0.15) is 15.9 Å². The minimum absolute atomic E-state index is 0.166. The molecule has 114 valence electrons. The van der Waals surface area contributed by atoms with Crippen LogP contribution in [-0.4, -0.2) is 17.3 Å². The summed E-state index contributed by atoms with van der Waals surface area (Å²) in [5.41, 5.74) is 0.226. The molecule has 2 aromatic rings. The highest BCUT2D eigenvalue weighted by Crippen LogP contribution is 2.35. The number of hydrogen-bond donors (Lipinski definition) is 0. The number of nitro groups is 1. The summed E-state index contributed by atoms with van der Waals surface area (Å²) in [4.78, 5) is 21.7. The molecule has 0 aliphatic heterocycles. The van der Waals surface area contributed by atoms with Gasteiger partial charge in [-0.15, -0.1) is 0 Å². The van der Waals surface area contributed by atoms with E-state index < -0.39 is 15.9 Å². The van der Waals surface area contributed by atoms with Gasteiger partial charge in [0.2, 0.25) is 0 Å². The van der Waals surface area contributed by atoms with Gasteiger partial charge in [-0.2, -0.15) is 0 Å². The maximum Gasteiger partial charge on any atom is 0.285 e. The predicted molar refractivity (Wildman–Crippen MR) is 80.6 cm³/mol. The van der Waals surface area contributed by atoms with Crippen molar-refractivity contribution in [3.63, 3.8) is 0 Å². The van der Waals surface area contributed by atoms with Gasteiger partial charge in [-0.05, 0) is 17.2 Å². The zero-order chi connectivity index (χ0) is 16.1. The minimum Gasteiger partial charge on any atom is -0.493 e. The monoisotopic (exact) mass is 321 g/mol. The van der Waals surface area contributed by atoms with Crippen LogP contribution >= 0.6 is 11.6 Å². The molecular weight excluding hydrogens is 310 g/mol. The number of carbonyl (C=O) groups is 1. The quantitative estimate of drug-likeness (QED) is 0.462. The smallest absolute Gasteiger partial charge is 0.285 e. The SMILES string of the molecule is COc1cc(C(=O)Cl)c([N+](=O)[O-])cc1OCc1ccccc1. The van der Waals surface area contributed by atoms with Gasteiger partial charge >= 0.3 is 0 Å². The summed E-state index contributed by atoms with van der Waals surface area (Å²) in [5, 5.41) is 10.1. The number of benzene rings is 2. The Bertz CT molecular complexity index is 703. The molecule has 0 unspecified atom stereocenters. The maximum atomic E-state index is 11.3. The van der Waals surface area contributed by atoms with Gasteiger partial charge in [0, 0.05) is 6.07 Å². The molecule has 0 fully saturated rings. The van der Waals surface area contributed by atoms with Gasteiger partial charge in [0.05, 0.1) is 18.1 Å². The number of nitro benzene ring substituents is 1. The second-order valence-corrected chi connectivity index (χ2v) is 4.67. The third-order valence-corrected chi connectivity index (χ3v) is 3.13. The average Bonchev–Trinajstić information content (AvgIpc) is 2.52. The molecule has 2 rings (SSSR count). The summed E-state index contributed by atoms with van der Waals surface area (Å²) in [6.07, 6.45) is 0. The van der Waals surface area contributed by atoms with E-state index in [4.69, 9.17) is 21.1 Å². The van der Waals surface area contributed by atoms with Crippen molar-refractivity contribution in [3.05, 3.63) is 63.7 Å². The molecule has 0 saturated carbocycles. The molecular formula is C15H12ClNO5. The minimum atomic E-state index is -0.931. The summed E-state index contributed by atoms with van der Waals surface area (Å²) in [5.74, 6) is 0.366. The third-order valence-electron chi connectivity index (χ3n) is 2.93. The molecule has 0 aromatic heterocycles. The van der Waals surface area contributed by atoms with E-state index in [2.05, 4.69) is 0 Å². The molecule has 0 saturated heterocycles. The highest BCUT2D eigenvalue weighted by Gasteiger charge is 2.23. The van der Waals surface area contributed by atoms with Crippen LogP contribution < -0.4 is 9.47 Å². The van der Waals surface area contributed by atoms with Crippen molar-refractivity contribution in [2.45, 2.75) is 6.61 Å². The Morgan fingerprint density at radius 3 is 2.45 bits per heavy atom. The van der Waals surface area contributed by atoms with Gasteiger partial charge in [0.1, 0.15) is 12.2 Å². The zero-order valence-electron chi connectivity index (χ0n) is 11.6. The standard InChI is InChI=1S/C15H12ClNO5/c1-21-13-7-11(15(16)18)12(17(19)20)8-14(13)22-9-10-5-3-2-4-6-10/h2-8H,9H2,1H3. The van der Waals surface area contributed by atoms with E-state index in [1.54, 1.807) is 0 Å². The van der Waals surface area contributed by atoms with Crippen molar-refractivity contribution in [1.29, 1.82) is 0 Å². The molecule has 22 heavy (non-hydrogen) atoms. The van der Waals surface area contributed by atoms with Gasteiger partial charge < -0.3 is 9.47 Å². The van der Waals surface area contributed by atoms with Gasteiger partial charge in [-0.25, -0.2) is 0 Å². The van der Waals surface area contributed by atoms with Gasteiger partial charge in [-0.3, -0.25) is 14.9 Å². The second-order valence-electron chi connectivity index (χ2n) is 4.33. The molecule has 0 amide bonds. The van der Waals surface area contributed by atoms with E-state index in [0.29, 0.717) is 0 Å². The maximum absolute atomic E-state index is 11.3. The fourth-order valence-electron chi connectivity index (χ4n) is 1.87. The van der Waals surface area contributed by atoms with Crippen molar-refractivity contribution in [2.24, 2.45) is 0 Å². The van der Waals surface area contributed by atoms with Crippen molar-refractivity contribution >= 4 is 22.5 Å². The zero-order valence-corrected chi connectivity index (χ0v) is 12.4. The lowest BCUT2D eigenvalue weighted by Crippen LogP contribution is -2.03. The number of halogens is 1. The predicted octanol–water partition coefficient (Wildman–Crippen LogP) is 3.56. The normalized spacial score (nSPS) is 10.1. The molecule has 2 aromatic carbocycles. The Kier molecular flexibility index (Phi) is 4.95. The first-order chi connectivity index (χ1) is 10.5. The van der Waals surface area contributed by atoms with Crippen molar-refractivity contribution in [2.75, 3.05) is 7.11 Å². The number of carbonyl (C=O) groups excluding carboxylic acids is 1. The first-order valence-electron chi connectivity index (χ1n) is 6.26. The Balaban J connectivity index is 2.35. The molecule has 0 heterocycles. The van der Waals surface area contributed by atoms with Crippen LogP contribution in [0.25, 0.3) is 0 Å². The number of rotatable bonds is 6. The summed E-state index contributed by atoms with van der Waals surface area (Å²) in [6, 6.07) is 11.6. The fraction of sp³-hybridized carbons (Fsp3) is 0.133. The average molecular weight is 322 g/mol. The highest BCUT2D eigenvalue weighted by molar-refractivity contribution is 6.68. The largest absolute Gasteiger partial charge is 0.493 e. The van der Waals surface area contributed by atoms with Crippen LogP contribution in [0.4, 0.5) is 5.69 Å². The Hall–Kier alpha value is -2.60. The van der Waals surface area contributed by atoms with Crippen molar-refractivity contribution in [3.8, 4) is 11.5 Å². The van der Waals surface area contributed by atoms with E-state index in [-0.39, 0.29) is 23.7 Å². The van der Waals surface area contributed by atoms with Crippen molar-refractivity contribution in [1.82, 2.24) is 0 Å². The van der Waals surface area contributed by atoms with Crippen LogP contribution in [0.5, 0.6) is 11.5 Å². The number of ether oxygens (including phenoxy) is 2. The second kappa shape index (κ2) is 6.91. The summed E-state index contributed by atoms with van der Waals surface area (Å²) < 4.78 is 10.7. The highest BCUT2D eigenvalue weighted by atomic mass is 35.5.